The van der Waals surface area contributed by atoms with E-state index in [2.05, 4.69) is 10.3 Å². The second kappa shape index (κ2) is 7.29. The molecule has 0 bridgehead atoms. The minimum atomic E-state index is -2.58. The van der Waals surface area contributed by atoms with Gasteiger partial charge in [-0.3, -0.25) is 0 Å². The van der Waals surface area contributed by atoms with Crippen LogP contribution in [0.1, 0.15) is 32.9 Å². The number of alkyl halides is 1. The molecule has 8 heteroatoms. The van der Waals surface area contributed by atoms with Crippen molar-refractivity contribution in [3.8, 4) is 0 Å². The molecule has 0 saturated heterocycles. The normalized spacial score (nSPS) is 10.9. The van der Waals surface area contributed by atoms with Crippen LogP contribution < -0.4 is 0 Å². The Morgan fingerprint density at radius 2 is 1.94 bits per heavy atom. The Kier molecular flexibility index (Phi) is 6.02. The average Bonchev–Trinajstić information content (AvgIpc) is 2.64. The van der Waals surface area contributed by atoms with E-state index >= 15 is 0 Å². The summed E-state index contributed by atoms with van der Waals surface area (Å²) in [6.07, 6.45) is 2.74. The number of rotatable bonds is 6. The van der Waals surface area contributed by atoms with E-state index in [4.69, 9.17) is 6.13 Å². The van der Waals surface area contributed by atoms with Gasteiger partial charge >= 0.3 is 113 Å². The summed E-state index contributed by atoms with van der Waals surface area (Å²) in [5.74, 6) is -0.884. The third kappa shape index (κ3) is 5.43. The van der Waals surface area contributed by atoms with Gasteiger partial charge in [-0.2, -0.15) is 0 Å². The summed E-state index contributed by atoms with van der Waals surface area (Å²) in [6, 6.07) is 0. The van der Waals surface area contributed by atoms with E-state index in [1.165, 1.54) is 13.8 Å². The first-order chi connectivity index (χ1) is 8.51. The van der Waals surface area contributed by atoms with Gasteiger partial charge in [0.15, 0.2) is 0 Å². The molecule has 1 aromatic rings. The van der Waals surface area contributed by atoms with Gasteiger partial charge in [0, 0.05) is 0 Å². The topological polar surface area (TPSA) is 83.3 Å². The van der Waals surface area contributed by atoms with Crippen LogP contribution in [-0.4, -0.2) is 26.9 Å². The van der Waals surface area contributed by atoms with Crippen molar-refractivity contribution in [3.05, 3.63) is 11.9 Å². The molecule has 0 spiro atoms. The fourth-order valence-corrected chi connectivity index (χ4v) is 3.93. The van der Waals surface area contributed by atoms with Gasteiger partial charge in [0.25, 0.3) is 0 Å². The first kappa shape index (κ1) is 14.9. The Bertz CT molecular complexity index is 405. The molecule has 1 heterocycles. The molecule has 0 aliphatic rings. The van der Waals surface area contributed by atoms with E-state index in [1.807, 2.05) is 6.92 Å². The third-order valence-electron chi connectivity index (χ3n) is 1.67. The van der Waals surface area contributed by atoms with Crippen LogP contribution in [0.5, 0.6) is 0 Å². The summed E-state index contributed by atoms with van der Waals surface area (Å²) in [5.41, 5.74) is 0.677. The number of aromatic nitrogens is 3. The van der Waals surface area contributed by atoms with Crippen LogP contribution in [0, 0.1) is 0 Å². The number of nitrogens with zero attached hydrogens (tertiary/aromatic N) is 3. The third-order valence-corrected chi connectivity index (χ3v) is 5.30. The van der Waals surface area contributed by atoms with Crippen molar-refractivity contribution >= 4 is 32.6 Å². The quantitative estimate of drug-likeness (QED) is 0.560. The van der Waals surface area contributed by atoms with Crippen LogP contribution in [0.25, 0.3) is 0 Å². The van der Waals surface area contributed by atoms with Crippen molar-refractivity contribution in [3.63, 3.8) is 0 Å². The molecule has 0 aliphatic carbocycles. The maximum absolute atomic E-state index is 10.9. The molecule has 1 aromatic heterocycles. The SMILES string of the molecule is CCCn1cc(CI(OC(C)=O)OC(C)=O)nn1. The van der Waals surface area contributed by atoms with Gasteiger partial charge < -0.3 is 0 Å². The molecule has 18 heavy (non-hydrogen) atoms. The summed E-state index contributed by atoms with van der Waals surface area (Å²) in [7, 11) is 0. The van der Waals surface area contributed by atoms with Crippen molar-refractivity contribution in [2.45, 2.75) is 38.2 Å². The molecule has 0 atom stereocenters. The van der Waals surface area contributed by atoms with Crippen LogP contribution in [0.2, 0.25) is 0 Å². The predicted octanol–water partition coefficient (Wildman–Crippen LogP) is 1.65. The van der Waals surface area contributed by atoms with Gasteiger partial charge in [-0.25, -0.2) is 0 Å². The van der Waals surface area contributed by atoms with Crippen molar-refractivity contribution in [2.24, 2.45) is 0 Å². The molecule has 0 fully saturated rings. The van der Waals surface area contributed by atoms with Crippen LogP contribution >= 0.6 is 20.6 Å². The zero-order chi connectivity index (χ0) is 13.5. The fraction of sp³-hybridized carbons (Fsp3) is 0.600. The van der Waals surface area contributed by atoms with Crippen molar-refractivity contribution < 1.29 is 15.7 Å². The van der Waals surface area contributed by atoms with Crippen molar-refractivity contribution in [2.75, 3.05) is 0 Å². The summed E-state index contributed by atoms with van der Waals surface area (Å²) >= 11 is -2.58. The van der Waals surface area contributed by atoms with Crippen LogP contribution in [0.15, 0.2) is 6.20 Å². The average molecular weight is 369 g/mol. The van der Waals surface area contributed by atoms with Gasteiger partial charge in [-0.05, 0) is 0 Å². The van der Waals surface area contributed by atoms with E-state index in [1.54, 1.807) is 10.9 Å². The summed E-state index contributed by atoms with van der Waals surface area (Å²) < 4.78 is 12.1. The second-order valence-electron chi connectivity index (χ2n) is 3.53. The zero-order valence-corrected chi connectivity index (χ0v) is 12.7. The molecular weight excluding hydrogens is 353 g/mol. The first-order valence-corrected chi connectivity index (χ1v) is 8.73. The second-order valence-corrected chi connectivity index (χ2v) is 6.77. The number of carbonyl (C=O) groups excluding carboxylic acids is 2. The summed E-state index contributed by atoms with van der Waals surface area (Å²) in [5, 5.41) is 7.89. The number of halogens is 1. The number of hydrogen-bond acceptors (Lipinski definition) is 6. The Morgan fingerprint density at radius 1 is 1.33 bits per heavy atom. The monoisotopic (exact) mass is 369 g/mol. The van der Waals surface area contributed by atoms with Crippen molar-refractivity contribution in [1.82, 2.24) is 15.0 Å². The van der Waals surface area contributed by atoms with E-state index in [0.29, 0.717) is 10.1 Å². The van der Waals surface area contributed by atoms with Gasteiger partial charge in [0.1, 0.15) is 0 Å². The molecule has 0 aliphatic heterocycles. The predicted molar refractivity (Wildman–Crippen MR) is 71.6 cm³/mol. The van der Waals surface area contributed by atoms with Gasteiger partial charge in [0.2, 0.25) is 0 Å². The zero-order valence-electron chi connectivity index (χ0n) is 10.6. The molecule has 0 amide bonds. The first-order valence-electron chi connectivity index (χ1n) is 5.44. The fourth-order valence-electron chi connectivity index (χ4n) is 1.16. The van der Waals surface area contributed by atoms with Gasteiger partial charge in [-0.15, -0.1) is 0 Å². The molecule has 0 aromatic carbocycles. The summed E-state index contributed by atoms with van der Waals surface area (Å²) in [4.78, 5) is 21.8. The number of hydrogen-bond donors (Lipinski definition) is 0. The molecule has 7 nitrogen and oxygen atoms in total. The van der Waals surface area contributed by atoms with Crippen LogP contribution in [0.3, 0.4) is 0 Å². The molecule has 1 rings (SSSR count). The van der Waals surface area contributed by atoms with E-state index < -0.39 is 32.6 Å². The molecule has 0 saturated carbocycles. The van der Waals surface area contributed by atoms with E-state index in [0.717, 1.165) is 13.0 Å². The minimum absolute atomic E-state index is 0.354. The molecule has 0 N–H and O–H groups in total. The van der Waals surface area contributed by atoms with E-state index in [9.17, 15) is 9.59 Å². The number of aryl methyl sites for hydroxylation is 1. The Balaban J connectivity index is 2.62. The molecular formula is C10H16IN3O4. The maximum atomic E-state index is 10.9. The van der Waals surface area contributed by atoms with E-state index in [-0.39, 0.29) is 0 Å². The Hall–Kier alpha value is -1.19. The van der Waals surface area contributed by atoms with Crippen LogP contribution in [0.4, 0.5) is 0 Å². The standard InChI is InChI=1S/C10H16IN3O4/c1-4-5-14-7-10(12-13-14)6-11(17-8(2)15)18-9(3)16/h7H,4-6H2,1-3H3. The Morgan fingerprint density at radius 3 is 2.44 bits per heavy atom. The molecule has 0 radical (unpaired) electrons. The van der Waals surface area contributed by atoms with Crippen LogP contribution in [-0.2, 0) is 26.7 Å². The molecule has 0 unspecified atom stereocenters. The van der Waals surface area contributed by atoms with Crippen molar-refractivity contribution in [1.29, 1.82) is 0 Å². The number of carbonyl (C=O) groups is 2. The molecule has 102 valence electrons. The summed E-state index contributed by atoms with van der Waals surface area (Å²) in [6.45, 7) is 5.41. The van der Waals surface area contributed by atoms with Gasteiger partial charge in [0.05, 0.1) is 0 Å². The van der Waals surface area contributed by atoms with Gasteiger partial charge in [-0.1, -0.05) is 0 Å². The Labute approximate surface area is 113 Å².